The summed E-state index contributed by atoms with van der Waals surface area (Å²) in [6, 6.07) is 18.4. The number of amidine groups is 1. The highest BCUT2D eigenvalue weighted by Crippen LogP contribution is 2.45. The summed E-state index contributed by atoms with van der Waals surface area (Å²) in [4.78, 5) is 35.5. The van der Waals surface area contributed by atoms with Crippen molar-refractivity contribution in [1.29, 1.82) is 0 Å². The van der Waals surface area contributed by atoms with E-state index < -0.39 is 0 Å². The van der Waals surface area contributed by atoms with Crippen molar-refractivity contribution in [3.63, 3.8) is 0 Å². The van der Waals surface area contributed by atoms with Gasteiger partial charge < -0.3 is 14.5 Å². The van der Waals surface area contributed by atoms with E-state index in [1.54, 1.807) is 0 Å². The Balaban J connectivity index is 1.33. The van der Waals surface area contributed by atoms with E-state index in [1.165, 1.54) is 24.4 Å². The summed E-state index contributed by atoms with van der Waals surface area (Å²) >= 11 is 1.52. The molecule has 0 aliphatic carbocycles. The number of likely N-dealkylation sites (tertiary alicyclic amines) is 1. The molecule has 2 aromatic rings. The number of fused-ring (bicyclic) bond motifs is 1. The van der Waals surface area contributed by atoms with Crippen molar-refractivity contribution in [2.45, 2.75) is 52.0 Å². The maximum absolute atomic E-state index is 13.5. The molecular weight excluding hydrogens is 494 g/mol. The zero-order valence-corrected chi connectivity index (χ0v) is 23.2. The van der Waals surface area contributed by atoms with Crippen LogP contribution in [0.5, 0.6) is 0 Å². The third-order valence-electron chi connectivity index (χ3n) is 7.65. The molecule has 1 atom stereocenters. The summed E-state index contributed by atoms with van der Waals surface area (Å²) in [6.07, 6.45) is 4.01. The minimum absolute atomic E-state index is 0.129. The number of carbonyl (C=O) groups is 2. The first-order valence-electron chi connectivity index (χ1n) is 13.4. The number of esters is 1. The average molecular weight is 530 g/mol. The Morgan fingerprint density at radius 3 is 2.53 bits per heavy atom. The van der Waals surface area contributed by atoms with E-state index >= 15 is 0 Å². The predicted octanol–water partition coefficient (Wildman–Crippen LogP) is 6.00. The Hall–Kier alpha value is -3.32. The quantitative estimate of drug-likeness (QED) is 0.412. The van der Waals surface area contributed by atoms with Crippen LogP contribution in [0.2, 0.25) is 0 Å². The molecule has 2 aromatic carbocycles. The molecule has 0 unspecified atom stereocenters. The number of allylic oxidation sites excluding steroid dienone is 1. The van der Waals surface area contributed by atoms with Crippen molar-refractivity contribution in [2.24, 2.45) is 10.9 Å². The number of piperidine rings is 1. The Bertz CT molecular complexity index is 1290. The molecule has 0 aromatic heterocycles. The first-order valence-corrected chi connectivity index (χ1v) is 14.3. The van der Waals surface area contributed by atoms with Gasteiger partial charge in [0.05, 0.1) is 30.8 Å². The standard InChI is InChI=1S/C31H35N3O3S/c1-4-26-28(30(36)37-3)29(24-12-8-9-21(2)17-24)34-25(20-38-31(34)32-26)19-27(35)33-15-13-23(14-16-33)18-22-10-6-5-7-11-22/h5-12,17,20,23,29H,4,13-16,18-19H2,1-3H3/t29-/m0/s1. The molecule has 6 nitrogen and oxygen atoms in total. The van der Waals surface area contributed by atoms with Gasteiger partial charge in [0.15, 0.2) is 5.17 Å². The molecule has 0 spiro atoms. The molecule has 1 saturated heterocycles. The van der Waals surface area contributed by atoms with Crippen molar-refractivity contribution in [2.75, 3.05) is 20.2 Å². The Kier molecular flexibility index (Phi) is 8.03. The number of carbonyl (C=O) groups excluding carboxylic acids is 2. The normalized spacial score (nSPS) is 19.7. The minimum Gasteiger partial charge on any atom is -0.466 e. The molecule has 198 valence electrons. The van der Waals surface area contributed by atoms with Crippen molar-refractivity contribution in [3.8, 4) is 0 Å². The lowest BCUT2D eigenvalue weighted by atomic mass is 9.90. The van der Waals surface area contributed by atoms with Gasteiger partial charge in [0.1, 0.15) is 0 Å². The number of rotatable bonds is 7. The highest BCUT2D eigenvalue weighted by molar-refractivity contribution is 8.16. The molecule has 7 heteroatoms. The second kappa shape index (κ2) is 11.6. The average Bonchev–Trinajstić information content (AvgIpc) is 3.34. The van der Waals surface area contributed by atoms with E-state index in [9.17, 15) is 9.59 Å². The Morgan fingerprint density at radius 2 is 1.84 bits per heavy atom. The molecule has 3 aliphatic heterocycles. The summed E-state index contributed by atoms with van der Waals surface area (Å²) in [5.74, 6) is 0.359. The number of benzene rings is 2. The van der Waals surface area contributed by atoms with Crippen LogP contribution < -0.4 is 0 Å². The van der Waals surface area contributed by atoms with E-state index in [1.807, 2.05) is 42.4 Å². The van der Waals surface area contributed by atoms with Crippen LogP contribution in [0, 0.1) is 12.8 Å². The zero-order chi connectivity index (χ0) is 26.6. The van der Waals surface area contributed by atoms with Gasteiger partial charge in [-0.1, -0.05) is 78.8 Å². The molecule has 1 fully saturated rings. The maximum Gasteiger partial charge on any atom is 0.338 e. The second-order valence-corrected chi connectivity index (χ2v) is 11.0. The number of hydrogen-bond acceptors (Lipinski definition) is 6. The number of methoxy groups -OCH3 is 1. The molecule has 0 radical (unpaired) electrons. The van der Waals surface area contributed by atoms with Gasteiger partial charge in [-0.15, -0.1) is 0 Å². The maximum atomic E-state index is 13.5. The third-order valence-corrected chi connectivity index (χ3v) is 8.54. The zero-order valence-electron chi connectivity index (χ0n) is 22.4. The van der Waals surface area contributed by atoms with E-state index in [0.717, 1.165) is 60.0 Å². The number of aliphatic imine (C=N–C) groups is 1. The molecule has 0 saturated carbocycles. The monoisotopic (exact) mass is 529 g/mol. The summed E-state index contributed by atoms with van der Waals surface area (Å²) in [5, 5.41) is 2.83. The molecule has 5 rings (SSSR count). The third kappa shape index (κ3) is 5.44. The summed E-state index contributed by atoms with van der Waals surface area (Å²) < 4.78 is 5.22. The van der Waals surface area contributed by atoms with Crippen LogP contribution >= 0.6 is 11.8 Å². The highest BCUT2D eigenvalue weighted by Gasteiger charge is 2.42. The SMILES string of the molecule is CCC1=C(C(=O)OC)[C@H](c2cccc(C)c2)N2C(CC(=O)N3CCC(Cc4ccccc4)CC3)=CSC2=N1. The van der Waals surface area contributed by atoms with Gasteiger partial charge in [-0.2, -0.15) is 0 Å². The fraction of sp³-hybridized carbons (Fsp3) is 0.387. The van der Waals surface area contributed by atoms with Gasteiger partial charge in [0.25, 0.3) is 0 Å². The number of hydrogen-bond donors (Lipinski definition) is 0. The highest BCUT2D eigenvalue weighted by atomic mass is 32.2. The Labute approximate surface area is 229 Å². The van der Waals surface area contributed by atoms with Crippen LogP contribution in [0.1, 0.15) is 55.3 Å². The van der Waals surface area contributed by atoms with E-state index in [-0.39, 0.29) is 24.3 Å². The lowest BCUT2D eigenvalue weighted by molar-refractivity contribution is -0.136. The Morgan fingerprint density at radius 1 is 1.08 bits per heavy atom. The minimum atomic E-state index is -0.379. The van der Waals surface area contributed by atoms with Gasteiger partial charge in [-0.05, 0) is 55.1 Å². The molecule has 1 amide bonds. The smallest absolute Gasteiger partial charge is 0.338 e. The van der Waals surface area contributed by atoms with Crippen LogP contribution in [0.15, 0.2) is 82.0 Å². The van der Waals surface area contributed by atoms with Crippen LogP contribution in [-0.4, -0.2) is 47.0 Å². The van der Waals surface area contributed by atoms with Gasteiger partial charge in [-0.25, -0.2) is 9.79 Å². The summed E-state index contributed by atoms with van der Waals surface area (Å²) in [6.45, 7) is 5.62. The topological polar surface area (TPSA) is 62.2 Å². The van der Waals surface area contributed by atoms with Gasteiger partial charge in [-0.3, -0.25) is 4.79 Å². The fourth-order valence-corrected chi connectivity index (χ4v) is 6.61. The van der Waals surface area contributed by atoms with Gasteiger partial charge in [0, 0.05) is 18.8 Å². The largest absolute Gasteiger partial charge is 0.466 e. The number of thioether (sulfide) groups is 1. The molecule has 0 bridgehead atoms. The lowest BCUT2D eigenvalue weighted by Gasteiger charge is -2.37. The van der Waals surface area contributed by atoms with Crippen molar-refractivity contribution in [3.05, 3.63) is 93.7 Å². The molecule has 38 heavy (non-hydrogen) atoms. The van der Waals surface area contributed by atoms with Crippen molar-refractivity contribution >= 4 is 28.8 Å². The van der Waals surface area contributed by atoms with Crippen LogP contribution in [-0.2, 0) is 20.7 Å². The molecule has 3 heterocycles. The first-order chi connectivity index (χ1) is 18.5. The molecular formula is C31H35N3O3S. The van der Waals surface area contributed by atoms with Crippen LogP contribution in [0.3, 0.4) is 0 Å². The number of nitrogens with zero attached hydrogens (tertiary/aromatic N) is 3. The van der Waals surface area contributed by atoms with Gasteiger partial charge >= 0.3 is 5.97 Å². The molecule has 0 N–H and O–H groups in total. The van der Waals surface area contributed by atoms with Crippen LogP contribution in [0.4, 0.5) is 0 Å². The van der Waals surface area contributed by atoms with Crippen LogP contribution in [0.25, 0.3) is 0 Å². The second-order valence-electron chi connectivity index (χ2n) is 10.2. The molecule has 3 aliphatic rings. The fourth-order valence-electron chi connectivity index (χ4n) is 5.67. The summed E-state index contributed by atoms with van der Waals surface area (Å²) in [5.41, 5.74) is 5.64. The number of amides is 1. The van der Waals surface area contributed by atoms with E-state index in [4.69, 9.17) is 9.73 Å². The van der Waals surface area contributed by atoms with E-state index in [2.05, 4.69) is 41.3 Å². The van der Waals surface area contributed by atoms with E-state index in [0.29, 0.717) is 17.9 Å². The lowest BCUT2D eigenvalue weighted by Crippen LogP contribution is -2.41. The predicted molar refractivity (Wildman–Crippen MR) is 152 cm³/mol. The first kappa shape index (κ1) is 26.3. The number of ether oxygens (including phenoxy) is 1. The summed E-state index contributed by atoms with van der Waals surface area (Å²) in [7, 11) is 1.41. The van der Waals surface area contributed by atoms with Crippen molar-refractivity contribution in [1.82, 2.24) is 9.80 Å². The van der Waals surface area contributed by atoms with Gasteiger partial charge in [0.2, 0.25) is 5.91 Å². The van der Waals surface area contributed by atoms with Crippen molar-refractivity contribution < 1.29 is 14.3 Å². The number of aryl methyl sites for hydroxylation is 1.